The molecule has 3 N–H and O–H groups in total. The fourth-order valence-corrected chi connectivity index (χ4v) is 1.78. The van der Waals surface area contributed by atoms with Gasteiger partial charge in [0.25, 0.3) is 0 Å². The van der Waals surface area contributed by atoms with Crippen molar-refractivity contribution in [2.75, 3.05) is 0 Å². The van der Waals surface area contributed by atoms with E-state index in [9.17, 15) is 4.79 Å². The smallest absolute Gasteiger partial charge is 0.372 e. The van der Waals surface area contributed by atoms with Gasteiger partial charge in [0.2, 0.25) is 11.1 Å². The van der Waals surface area contributed by atoms with Crippen LogP contribution in [0.3, 0.4) is 0 Å². The van der Waals surface area contributed by atoms with E-state index in [0.29, 0.717) is 17.9 Å². The summed E-state index contributed by atoms with van der Waals surface area (Å²) >= 11 is 5.70. The molecule has 2 heterocycles. The normalized spacial score (nSPS) is 11.8. The van der Waals surface area contributed by atoms with Crippen LogP contribution in [0, 0.1) is 0 Å². The number of imidazole rings is 1. The van der Waals surface area contributed by atoms with Gasteiger partial charge in [-0.15, -0.1) is 12.4 Å². The number of hydrogen-bond donors (Lipinski definition) is 2. The molecule has 0 saturated heterocycles. The summed E-state index contributed by atoms with van der Waals surface area (Å²) < 4.78 is 1.48. The molecule has 0 amide bonds. The molecule has 0 aliphatic carbocycles. The minimum Gasteiger partial charge on any atom is -0.475 e. The van der Waals surface area contributed by atoms with Crippen LogP contribution < -0.4 is 5.73 Å². The van der Waals surface area contributed by atoms with Crippen LogP contribution in [0.4, 0.5) is 0 Å². The van der Waals surface area contributed by atoms with Gasteiger partial charge in [-0.3, -0.25) is 0 Å². The van der Waals surface area contributed by atoms with Gasteiger partial charge >= 0.3 is 5.97 Å². The van der Waals surface area contributed by atoms with E-state index in [1.165, 1.54) is 10.8 Å². The average molecular weight is 318 g/mol. The zero-order valence-electron chi connectivity index (χ0n) is 10.5. The summed E-state index contributed by atoms with van der Waals surface area (Å²) in [5.41, 5.74) is 6.56. The van der Waals surface area contributed by atoms with Crippen LogP contribution >= 0.6 is 24.0 Å². The first-order valence-electron chi connectivity index (χ1n) is 5.52. The molecule has 2 aromatic heterocycles. The van der Waals surface area contributed by atoms with E-state index >= 15 is 0 Å². The molecule has 0 aromatic carbocycles. The summed E-state index contributed by atoms with van der Waals surface area (Å²) in [5.74, 6) is -1.20. The molecule has 108 valence electrons. The van der Waals surface area contributed by atoms with E-state index in [2.05, 4.69) is 15.0 Å². The predicted octanol–water partition coefficient (Wildman–Crippen LogP) is 1.46. The Hall–Kier alpha value is -1.70. The van der Waals surface area contributed by atoms with Crippen molar-refractivity contribution in [2.24, 2.45) is 5.73 Å². The number of carboxylic acids is 1. The SMILES string of the molecule is CC(N)Cn1cc(-c2ccnc(Cl)n2)nc1C(=O)O.Cl. The first-order valence-corrected chi connectivity index (χ1v) is 5.90. The number of hydrogen-bond acceptors (Lipinski definition) is 5. The van der Waals surface area contributed by atoms with Gasteiger partial charge < -0.3 is 15.4 Å². The third-order valence-corrected chi connectivity index (χ3v) is 2.52. The van der Waals surface area contributed by atoms with Gasteiger partial charge in [0.05, 0.1) is 5.69 Å². The minimum absolute atomic E-state index is 0. The molecule has 0 fully saturated rings. The van der Waals surface area contributed by atoms with E-state index in [4.69, 9.17) is 22.4 Å². The Morgan fingerprint density at radius 1 is 1.50 bits per heavy atom. The van der Waals surface area contributed by atoms with Crippen LogP contribution in [0.1, 0.15) is 17.5 Å². The van der Waals surface area contributed by atoms with E-state index in [0.717, 1.165) is 0 Å². The highest BCUT2D eigenvalue weighted by atomic mass is 35.5. The van der Waals surface area contributed by atoms with Crippen molar-refractivity contribution in [3.05, 3.63) is 29.6 Å². The molecule has 0 bridgehead atoms. The summed E-state index contributed by atoms with van der Waals surface area (Å²) in [4.78, 5) is 22.9. The Kier molecular flexibility index (Phi) is 5.43. The number of carbonyl (C=O) groups is 1. The van der Waals surface area contributed by atoms with Crippen LogP contribution in [0.25, 0.3) is 11.4 Å². The second-order valence-corrected chi connectivity index (χ2v) is 4.43. The zero-order chi connectivity index (χ0) is 14.0. The molecule has 7 nitrogen and oxygen atoms in total. The van der Waals surface area contributed by atoms with Crippen LogP contribution in [0.2, 0.25) is 5.28 Å². The van der Waals surface area contributed by atoms with Crippen molar-refractivity contribution >= 4 is 30.0 Å². The lowest BCUT2D eigenvalue weighted by Gasteiger charge is -2.07. The fraction of sp³-hybridized carbons (Fsp3) is 0.273. The second kappa shape index (κ2) is 6.65. The molecule has 1 unspecified atom stereocenters. The Morgan fingerprint density at radius 2 is 2.20 bits per heavy atom. The van der Waals surface area contributed by atoms with Crippen molar-refractivity contribution in [3.63, 3.8) is 0 Å². The van der Waals surface area contributed by atoms with Crippen LogP contribution in [0.5, 0.6) is 0 Å². The number of halogens is 2. The third kappa shape index (κ3) is 3.66. The summed E-state index contributed by atoms with van der Waals surface area (Å²) in [6.07, 6.45) is 3.07. The molecule has 9 heteroatoms. The minimum atomic E-state index is -1.12. The standard InChI is InChI=1S/C11H12ClN5O2.ClH/c1-6(13)4-17-5-8(15-9(17)10(18)19)7-2-3-14-11(12)16-7;/h2-3,5-6H,4,13H2,1H3,(H,18,19);1H. The van der Waals surface area contributed by atoms with E-state index in [1.807, 2.05) is 0 Å². The Morgan fingerprint density at radius 3 is 2.75 bits per heavy atom. The number of aromatic carboxylic acids is 1. The van der Waals surface area contributed by atoms with Crippen LogP contribution in [0.15, 0.2) is 18.5 Å². The molecule has 0 aliphatic heterocycles. The zero-order valence-corrected chi connectivity index (χ0v) is 12.1. The fourth-order valence-electron chi connectivity index (χ4n) is 1.64. The van der Waals surface area contributed by atoms with Gasteiger partial charge in [0, 0.05) is 25.0 Å². The summed E-state index contributed by atoms with van der Waals surface area (Å²) in [7, 11) is 0. The van der Waals surface area contributed by atoms with Crippen molar-refractivity contribution in [2.45, 2.75) is 19.5 Å². The van der Waals surface area contributed by atoms with Gasteiger partial charge in [-0.05, 0) is 24.6 Å². The molecule has 0 saturated carbocycles. The van der Waals surface area contributed by atoms with Gasteiger partial charge in [-0.2, -0.15) is 0 Å². The van der Waals surface area contributed by atoms with Gasteiger partial charge in [-0.25, -0.2) is 19.7 Å². The summed E-state index contributed by atoms with van der Waals surface area (Å²) in [6.45, 7) is 2.14. The van der Waals surface area contributed by atoms with Crippen molar-refractivity contribution in [1.29, 1.82) is 0 Å². The number of carboxylic acid groups (broad SMARTS) is 1. The summed E-state index contributed by atoms with van der Waals surface area (Å²) in [5, 5.41) is 9.19. The summed E-state index contributed by atoms with van der Waals surface area (Å²) in [6, 6.07) is 1.42. The molecule has 2 aromatic rings. The number of aromatic nitrogens is 4. The molecule has 0 radical (unpaired) electrons. The molecule has 0 spiro atoms. The third-order valence-electron chi connectivity index (χ3n) is 2.34. The van der Waals surface area contributed by atoms with Gasteiger partial charge in [0.1, 0.15) is 5.69 Å². The van der Waals surface area contributed by atoms with E-state index in [1.54, 1.807) is 19.2 Å². The molecular formula is C11H13Cl2N5O2. The topological polar surface area (TPSA) is 107 Å². The second-order valence-electron chi connectivity index (χ2n) is 4.10. The lowest BCUT2D eigenvalue weighted by molar-refractivity contribution is 0.0678. The maximum atomic E-state index is 11.1. The van der Waals surface area contributed by atoms with Gasteiger partial charge in [0.15, 0.2) is 0 Å². The number of nitrogens with two attached hydrogens (primary N) is 1. The lowest BCUT2D eigenvalue weighted by Crippen LogP contribution is -2.24. The highest BCUT2D eigenvalue weighted by molar-refractivity contribution is 6.28. The van der Waals surface area contributed by atoms with Gasteiger partial charge in [-0.1, -0.05) is 0 Å². The van der Waals surface area contributed by atoms with Crippen molar-refractivity contribution in [1.82, 2.24) is 19.5 Å². The quantitative estimate of drug-likeness (QED) is 0.827. The largest absolute Gasteiger partial charge is 0.475 e. The predicted molar refractivity (Wildman–Crippen MR) is 76.1 cm³/mol. The van der Waals surface area contributed by atoms with Crippen LogP contribution in [-0.4, -0.2) is 36.6 Å². The number of nitrogens with zero attached hydrogens (tertiary/aromatic N) is 4. The molecule has 20 heavy (non-hydrogen) atoms. The maximum Gasteiger partial charge on any atom is 0.372 e. The maximum absolute atomic E-state index is 11.1. The highest BCUT2D eigenvalue weighted by Gasteiger charge is 2.17. The molecular weight excluding hydrogens is 305 g/mol. The molecule has 2 rings (SSSR count). The Bertz CT molecular complexity index is 615. The molecule has 1 atom stereocenters. The Labute approximate surface area is 126 Å². The first kappa shape index (κ1) is 16.4. The molecule has 0 aliphatic rings. The average Bonchev–Trinajstić information content (AvgIpc) is 2.72. The highest BCUT2D eigenvalue weighted by Crippen LogP contribution is 2.17. The van der Waals surface area contributed by atoms with Crippen molar-refractivity contribution < 1.29 is 9.90 Å². The van der Waals surface area contributed by atoms with Crippen LogP contribution in [-0.2, 0) is 6.54 Å². The first-order chi connectivity index (χ1) is 8.97. The van der Waals surface area contributed by atoms with E-state index in [-0.39, 0.29) is 29.6 Å². The Balaban J connectivity index is 0.00000200. The van der Waals surface area contributed by atoms with Crippen molar-refractivity contribution in [3.8, 4) is 11.4 Å². The van der Waals surface area contributed by atoms with E-state index < -0.39 is 5.97 Å². The monoisotopic (exact) mass is 317 g/mol. The lowest BCUT2D eigenvalue weighted by atomic mass is 10.3. The number of rotatable bonds is 4.